The fourth-order valence-corrected chi connectivity index (χ4v) is 3.14. The number of benzene rings is 1. The Hall–Kier alpha value is -3.36. The third kappa shape index (κ3) is 4.92. The van der Waals surface area contributed by atoms with Gasteiger partial charge in [-0.2, -0.15) is 0 Å². The highest BCUT2D eigenvalue weighted by Crippen LogP contribution is 2.27. The number of methoxy groups -OCH3 is 2. The normalized spacial score (nSPS) is 13.8. The molecule has 9 heteroatoms. The maximum absolute atomic E-state index is 12.7. The number of carbonyl (C=O) groups is 2. The molecule has 0 bridgehead atoms. The number of hydrogen-bond acceptors (Lipinski definition) is 7. The van der Waals surface area contributed by atoms with Crippen molar-refractivity contribution in [1.29, 1.82) is 0 Å². The van der Waals surface area contributed by atoms with Gasteiger partial charge in [-0.05, 0) is 17.7 Å². The minimum atomic E-state index is -0.162. The van der Waals surface area contributed by atoms with Crippen LogP contribution in [0.4, 0.5) is 5.82 Å². The summed E-state index contributed by atoms with van der Waals surface area (Å²) in [5.41, 5.74) is 1.31. The van der Waals surface area contributed by atoms with Crippen LogP contribution in [-0.2, 0) is 11.3 Å². The van der Waals surface area contributed by atoms with Crippen LogP contribution in [0.25, 0.3) is 0 Å². The average molecular weight is 399 g/mol. The molecule has 0 radical (unpaired) electrons. The monoisotopic (exact) mass is 399 g/mol. The maximum Gasteiger partial charge on any atom is 0.272 e. The van der Waals surface area contributed by atoms with Crippen molar-refractivity contribution in [1.82, 2.24) is 19.8 Å². The summed E-state index contributed by atoms with van der Waals surface area (Å²) in [6.07, 6.45) is 1.37. The molecule has 0 aliphatic carbocycles. The van der Waals surface area contributed by atoms with E-state index in [2.05, 4.69) is 15.3 Å². The third-order valence-electron chi connectivity index (χ3n) is 4.82. The lowest BCUT2D eigenvalue weighted by Gasteiger charge is -2.34. The smallest absolute Gasteiger partial charge is 0.272 e. The van der Waals surface area contributed by atoms with Gasteiger partial charge in [-0.15, -0.1) is 0 Å². The molecular formula is C20H25N5O4. The van der Waals surface area contributed by atoms with Gasteiger partial charge >= 0.3 is 0 Å². The number of amides is 2. The first-order chi connectivity index (χ1) is 14.0. The number of anilines is 1. The number of rotatable bonds is 6. The van der Waals surface area contributed by atoms with E-state index in [1.165, 1.54) is 13.3 Å². The Morgan fingerprint density at radius 3 is 2.34 bits per heavy atom. The zero-order valence-electron chi connectivity index (χ0n) is 16.8. The number of carbonyl (C=O) groups excluding carboxylic acids is 2. The molecule has 1 aliphatic rings. The standard InChI is InChI=1S/C20H25N5O4/c1-14(26)24-6-8-25(9-7-24)20(27)16-11-19(23-13-22-16)21-12-15-4-5-17(28-2)18(10-15)29-3/h4-5,10-11,13H,6-9,12H2,1-3H3,(H,21,22,23). The van der Waals surface area contributed by atoms with E-state index in [9.17, 15) is 9.59 Å². The number of hydrogen-bond donors (Lipinski definition) is 1. The molecule has 1 fully saturated rings. The third-order valence-corrected chi connectivity index (χ3v) is 4.82. The van der Waals surface area contributed by atoms with Gasteiger partial charge in [-0.3, -0.25) is 9.59 Å². The van der Waals surface area contributed by atoms with Crippen molar-refractivity contribution >= 4 is 17.6 Å². The van der Waals surface area contributed by atoms with Gasteiger partial charge < -0.3 is 24.6 Å². The van der Waals surface area contributed by atoms with Gasteiger partial charge in [-0.1, -0.05) is 6.07 Å². The van der Waals surface area contributed by atoms with Crippen molar-refractivity contribution in [2.75, 3.05) is 45.7 Å². The summed E-state index contributed by atoms with van der Waals surface area (Å²) >= 11 is 0. The van der Waals surface area contributed by atoms with E-state index in [4.69, 9.17) is 9.47 Å². The molecule has 1 aliphatic heterocycles. The number of nitrogens with zero attached hydrogens (tertiary/aromatic N) is 4. The van der Waals surface area contributed by atoms with Crippen molar-refractivity contribution in [3.05, 3.63) is 41.9 Å². The molecule has 154 valence electrons. The highest BCUT2D eigenvalue weighted by Gasteiger charge is 2.24. The topological polar surface area (TPSA) is 96.9 Å². The van der Waals surface area contributed by atoms with Crippen molar-refractivity contribution < 1.29 is 19.1 Å². The van der Waals surface area contributed by atoms with Gasteiger partial charge in [-0.25, -0.2) is 9.97 Å². The van der Waals surface area contributed by atoms with Crippen LogP contribution in [0.2, 0.25) is 0 Å². The first-order valence-electron chi connectivity index (χ1n) is 9.33. The molecule has 2 aromatic rings. The van der Waals surface area contributed by atoms with E-state index < -0.39 is 0 Å². The van der Waals surface area contributed by atoms with Crippen LogP contribution < -0.4 is 14.8 Å². The lowest BCUT2D eigenvalue weighted by atomic mass is 10.2. The second kappa shape index (κ2) is 9.22. The maximum atomic E-state index is 12.7. The Morgan fingerprint density at radius 1 is 1.00 bits per heavy atom. The summed E-state index contributed by atoms with van der Waals surface area (Å²) in [5.74, 6) is 1.73. The second-order valence-corrected chi connectivity index (χ2v) is 6.63. The van der Waals surface area contributed by atoms with Crippen LogP contribution in [0.15, 0.2) is 30.6 Å². The molecule has 1 aromatic heterocycles. The van der Waals surface area contributed by atoms with Gasteiger partial charge in [0.15, 0.2) is 11.5 Å². The van der Waals surface area contributed by atoms with Crippen molar-refractivity contribution in [2.24, 2.45) is 0 Å². The molecule has 1 saturated heterocycles. The van der Waals surface area contributed by atoms with Crippen LogP contribution >= 0.6 is 0 Å². The van der Waals surface area contributed by atoms with Crippen LogP contribution in [0.3, 0.4) is 0 Å². The largest absolute Gasteiger partial charge is 0.493 e. The molecule has 0 saturated carbocycles. The fraction of sp³-hybridized carbons (Fsp3) is 0.400. The Balaban J connectivity index is 1.62. The SMILES string of the molecule is COc1ccc(CNc2cc(C(=O)N3CCN(C(C)=O)CC3)ncn2)cc1OC. The van der Waals surface area contributed by atoms with Crippen molar-refractivity contribution in [3.8, 4) is 11.5 Å². The Bertz CT molecular complexity index is 881. The number of piperazine rings is 1. The van der Waals surface area contributed by atoms with E-state index in [0.29, 0.717) is 55.7 Å². The first kappa shape index (κ1) is 20.4. The fourth-order valence-electron chi connectivity index (χ4n) is 3.14. The van der Waals surface area contributed by atoms with Crippen molar-refractivity contribution in [3.63, 3.8) is 0 Å². The van der Waals surface area contributed by atoms with Gasteiger partial charge in [0.25, 0.3) is 5.91 Å². The Kier molecular flexibility index (Phi) is 6.48. The van der Waals surface area contributed by atoms with E-state index in [1.54, 1.807) is 30.1 Å². The molecule has 1 N–H and O–H groups in total. The lowest BCUT2D eigenvalue weighted by Crippen LogP contribution is -2.50. The first-order valence-corrected chi connectivity index (χ1v) is 9.33. The number of nitrogens with one attached hydrogen (secondary N) is 1. The number of ether oxygens (including phenoxy) is 2. The molecule has 1 aromatic carbocycles. The predicted octanol–water partition coefficient (Wildman–Crippen LogP) is 1.41. The molecule has 0 atom stereocenters. The van der Waals surface area contributed by atoms with Crippen LogP contribution in [-0.4, -0.2) is 72.0 Å². The number of aromatic nitrogens is 2. The molecule has 29 heavy (non-hydrogen) atoms. The summed E-state index contributed by atoms with van der Waals surface area (Å²) in [4.78, 5) is 35.9. The predicted molar refractivity (Wildman–Crippen MR) is 107 cm³/mol. The molecule has 3 rings (SSSR count). The van der Waals surface area contributed by atoms with E-state index in [1.807, 2.05) is 18.2 Å². The second-order valence-electron chi connectivity index (χ2n) is 6.63. The molecule has 0 spiro atoms. The summed E-state index contributed by atoms with van der Waals surface area (Å²) in [7, 11) is 3.18. The van der Waals surface area contributed by atoms with Gasteiger partial charge in [0.2, 0.25) is 5.91 Å². The minimum Gasteiger partial charge on any atom is -0.493 e. The van der Waals surface area contributed by atoms with E-state index >= 15 is 0 Å². The van der Waals surface area contributed by atoms with Crippen molar-refractivity contribution in [2.45, 2.75) is 13.5 Å². The van der Waals surface area contributed by atoms with Gasteiger partial charge in [0, 0.05) is 45.7 Å². The van der Waals surface area contributed by atoms with Gasteiger partial charge in [0.1, 0.15) is 17.8 Å². The highest BCUT2D eigenvalue weighted by molar-refractivity contribution is 5.93. The van der Waals surface area contributed by atoms with Crippen LogP contribution in [0.5, 0.6) is 11.5 Å². The highest BCUT2D eigenvalue weighted by atomic mass is 16.5. The molecule has 0 unspecified atom stereocenters. The summed E-state index contributed by atoms with van der Waals surface area (Å²) in [5, 5.41) is 3.20. The van der Waals surface area contributed by atoms with E-state index in [0.717, 1.165) is 5.56 Å². The molecular weight excluding hydrogens is 374 g/mol. The zero-order valence-corrected chi connectivity index (χ0v) is 16.8. The summed E-state index contributed by atoms with van der Waals surface area (Å²) in [6, 6.07) is 7.29. The Labute approximate surface area is 169 Å². The lowest BCUT2D eigenvalue weighted by molar-refractivity contribution is -0.130. The molecule has 9 nitrogen and oxygen atoms in total. The van der Waals surface area contributed by atoms with Crippen LogP contribution in [0.1, 0.15) is 23.0 Å². The summed E-state index contributed by atoms with van der Waals surface area (Å²) < 4.78 is 10.6. The van der Waals surface area contributed by atoms with Gasteiger partial charge in [0.05, 0.1) is 14.2 Å². The summed E-state index contributed by atoms with van der Waals surface area (Å²) in [6.45, 7) is 4.11. The quantitative estimate of drug-likeness (QED) is 0.784. The average Bonchev–Trinajstić information content (AvgIpc) is 2.77. The van der Waals surface area contributed by atoms with E-state index in [-0.39, 0.29) is 11.8 Å². The van der Waals surface area contributed by atoms with Crippen LogP contribution in [0, 0.1) is 0 Å². The Morgan fingerprint density at radius 2 is 1.69 bits per heavy atom. The molecule has 2 heterocycles. The zero-order chi connectivity index (χ0) is 20.8. The minimum absolute atomic E-state index is 0.0285. The molecule has 2 amide bonds.